The van der Waals surface area contributed by atoms with Crippen LogP contribution in [0.2, 0.25) is 0 Å². The molecule has 2 heterocycles. The van der Waals surface area contributed by atoms with E-state index in [0.717, 1.165) is 6.42 Å². The number of imide groups is 1. The van der Waals surface area contributed by atoms with Gasteiger partial charge < -0.3 is 15.5 Å². The van der Waals surface area contributed by atoms with Crippen molar-refractivity contribution >= 4 is 29.6 Å². The molecule has 4 amide bonds. The van der Waals surface area contributed by atoms with Gasteiger partial charge in [-0.05, 0) is 33.2 Å². The van der Waals surface area contributed by atoms with Gasteiger partial charge in [0.2, 0.25) is 11.8 Å². The number of hydrogen-bond acceptors (Lipinski definition) is 7. The first kappa shape index (κ1) is 20.2. The highest BCUT2D eigenvalue weighted by Gasteiger charge is 2.33. The molecule has 0 saturated carbocycles. The molecule has 0 aliphatic carbocycles. The highest BCUT2D eigenvalue weighted by Crippen LogP contribution is 2.19. The monoisotopic (exact) mass is 403 g/mol. The number of nitrogens with one attached hydrogen (secondary N) is 2. The fourth-order valence-electron chi connectivity index (χ4n) is 3.10. The second kappa shape index (κ2) is 10.2. The van der Waals surface area contributed by atoms with Crippen molar-refractivity contribution < 1.29 is 30.2 Å². The fourth-order valence-corrected chi connectivity index (χ4v) is 3.10. The third-order valence-electron chi connectivity index (χ3n) is 4.53. The van der Waals surface area contributed by atoms with E-state index in [-0.39, 0.29) is 50.7 Å². The summed E-state index contributed by atoms with van der Waals surface area (Å²) in [6.45, 7) is 4.63. The van der Waals surface area contributed by atoms with Crippen LogP contribution in [0.25, 0.3) is 0 Å². The maximum atomic E-state index is 12.4. The Hall–Kier alpha value is -2.49. The van der Waals surface area contributed by atoms with Gasteiger partial charge in [-0.1, -0.05) is 0 Å². The van der Waals surface area contributed by atoms with Gasteiger partial charge in [-0.25, -0.2) is 4.79 Å². The summed E-state index contributed by atoms with van der Waals surface area (Å²) in [6, 6.07) is -1.23. The zero-order valence-electron chi connectivity index (χ0n) is 17.3. The van der Waals surface area contributed by atoms with Crippen LogP contribution in [0.4, 0.5) is 0 Å². The molecule has 0 radical (unpaired) electrons. The van der Waals surface area contributed by atoms with Crippen LogP contribution < -0.4 is 10.6 Å². The van der Waals surface area contributed by atoms with Crippen LogP contribution in [0.3, 0.4) is 0 Å². The Morgan fingerprint density at radius 1 is 1.14 bits per heavy atom. The summed E-state index contributed by atoms with van der Waals surface area (Å²) in [6.07, 6.45) is 1.07. The first-order valence-electron chi connectivity index (χ1n) is 10.0. The molecular weight excluding hydrogens is 374 g/mol. The number of likely N-dealkylation sites (tertiary alicyclic amines) is 1. The molecule has 2 saturated heterocycles. The summed E-state index contributed by atoms with van der Waals surface area (Å²) < 4.78 is 8.45. The van der Waals surface area contributed by atoms with Gasteiger partial charge in [0.05, 0.1) is 13.8 Å². The first-order valence-corrected chi connectivity index (χ1v) is 9.53. The van der Waals surface area contributed by atoms with Crippen molar-refractivity contribution in [1.82, 2.24) is 20.6 Å². The summed E-state index contributed by atoms with van der Waals surface area (Å²) >= 11 is 0. The standard InChI is InChI=1S/C18H28N4O6/c1-12(2)21-11-3-4-13(21)18(27)20-9-7-14(23)19-10-8-17(26)28-22-15(24)5-6-16(22)25/h12-13H,3-11H2,1-2H3,(H,19,23)(H,20,27)/i7+1,8+1,10+1,13D,14+1,17+1,19+1. The number of hydroxylamine groups is 2. The van der Waals surface area contributed by atoms with Gasteiger partial charge in [-0.3, -0.25) is 24.1 Å². The number of amides is 4. The molecule has 0 bridgehead atoms. The quantitative estimate of drug-likeness (QED) is 0.301. The predicted octanol–water partition coefficient (Wildman–Crippen LogP) is -0.521. The third kappa shape index (κ3) is 6.01. The lowest BCUT2D eigenvalue weighted by Gasteiger charge is -2.27. The molecular formula is C18H28N4O6. The lowest BCUT2D eigenvalue weighted by atomic mass is 10.2. The molecule has 2 aliphatic heterocycles. The van der Waals surface area contributed by atoms with Crippen molar-refractivity contribution in [2.45, 2.75) is 64.4 Å². The Labute approximate surface area is 165 Å². The Morgan fingerprint density at radius 3 is 2.43 bits per heavy atom. The number of hydrogen-bond donors (Lipinski definition) is 2. The van der Waals surface area contributed by atoms with Gasteiger partial charge in [0.15, 0.2) is 0 Å². The number of carbonyl (C=O) groups is 5. The van der Waals surface area contributed by atoms with E-state index in [9.17, 15) is 24.0 Å². The van der Waals surface area contributed by atoms with Crippen molar-refractivity contribution in [2.24, 2.45) is 0 Å². The van der Waals surface area contributed by atoms with Crippen LogP contribution >= 0.6 is 0 Å². The van der Waals surface area contributed by atoms with Crippen molar-refractivity contribution in [3.63, 3.8) is 0 Å². The molecule has 0 aromatic carbocycles. The minimum absolute atomic E-state index is 0.00163. The van der Waals surface area contributed by atoms with Crippen LogP contribution in [0, 0.1) is 0 Å². The van der Waals surface area contributed by atoms with Crippen LogP contribution in [0.1, 0.15) is 53.7 Å². The van der Waals surface area contributed by atoms with E-state index in [1.165, 1.54) is 0 Å². The van der Waals surface area contributed by atoms with E-state index in [1.807, 2.05) is 18.7 Å². The van der Waals surface area contributed by atoms with Gasteiger partial charge in [0.1, 0.15) is 0 Å². The lowest BCUT2D eigenvalue weighted by Crippen LogP contribution is -2.46. The molecule has 2 rings (SSSR count). The average molecular weight is 403 g/mol. The molecule has 2 aliphatic rings. The summed E-state index contributed by atoms with van der Waals surface area (Å²) in [7, 11) is 0. The second-order valence-corrected chi connectivity index (χ2v) is 6.99. The molecule has 1 unspecified atom stereocenters. The summed E-state index contributed by atoms with van der Waals surface area (Å²) in [4.78, 5) is 65.1. The van der Waals surface area contributed by atoms with E-state index in [2.05, 4.69) is 15.5 Å². The van der Waals surface area contributed by atoms with Crippen molar-refractivity contribution in [3.8, 4) is 0 Å². The van der Waals surface area contributed by atoms with Gasteiger partial charge in [0, 0.05) is 38.4 Å². The van der Waals surface area contributed by atoms with Crippen LogP contribution in [0.5, 0.6) is 0 Å². The minimum Gasteiger partial charge on any atom is -0.355 e. The van der Waals surface area contributed by atoms with Crippen molar-refractivity contribution in [2.75, 3.05) is 19.6 Å². The van der Waals surface area contributed by atoms with Gasteiger partial charge in [-0.15, -0.1) is 5.06 Å². The van der Waals surface area contributed by atoms with Crippen LogP contribution in [0.15, 0.2) is 0 Å². The number of rotatable bonds is 9. The van der Waals surface area contributed by atoms with Crippen LogP contribution in [-0.4, -0.2) is 71.3 Å². The van der Waals surface area contributed by atoms with E-state index < -0.39 is 29.7 Å². The number of carbonyl (C=O) groups excluding carboxylic acids is 5. The Bertz CT molecular complexity index is 669. The van der Waals surface area contributed by atoms with E-state index in [1.54, 1.807) is 0 Å². The highest BCUT2D eigenvalue weighted by atomic mass is 16.8. The predicted molar refractivity (Wildman–Crippen MR) is 97.3 cm³/mol. The van der Waals surface area contributed by atoms with Crippen molar-refractivity contribution in [3.05, 3.63) is 0 Å². The molecule has 10 heteroatoms. The highest BCUT2D eigenvalue weighted by molar-refractivity contribution is 6.01. The minimum atomic E-state index is -1.31. The normalized spacial score (nSPS) is 23.1. The lowest BCUT2D eigenvalue weighted by molar-refractivity contribution is -0.197. The average Bonchev–Trinajstić information content (AvgIpc) is 3.20. The molecule has 0 aromatic rings. The summed E-state index contributed by atoms with van der Waals surface area (Å²) in [5, 5.41) is 5.60. The molecule has 28 heavy (non-hydrogen) atoms. The van der Waals surface area contributed by atoms with Crippen molar-refractivity contribution in [1.29, 1.82) is 0 Å². The summed E-state index contributed by atoms with van der Waals surface area (Å²) in [5.74, 6) is -2.71. The topological polar surface area (TPSA) is 125 Å². The van der Waals surface area contributed by atoms with E-state index in [4.69, 9.17) is 1.37 Å². The maximum absolute atomic E-state index is 12.4. The maximum Gasteiger partial charge on any atom is 0.334 e. The van der Waals surface area contributed by atoms with Crippen LogP contribution in [-0.2, 0) is 28.8 Å². The zero-order valence-corrected chi connectivity index (χ0v) is 16.3. The molecule has 156 valence electrons. The molecule has 1 atom stereocenters. The van der Waals surface area contributed by atoms with Gasteiger partial charge in [-0.2, -0.15) is 0 Å². The van der Waals surface area contributed by atoms with E-state index >= 15 is 0 Å². The Balaban J connectivity index is 1.63. The SMILES string of the molecule is [2H]C1(C(=O)NC[13CH2][13C](=O)[15NH][13CH2][13CH2][13C](=O)ON2C(=O)CCC2=O)CCCN1C(C)C. The molecule has 2 N–H and O–H groups in total. The smallest absolute Gasteiger partial charge is 0.334 e. The zero-order chi connectivity index (χ0) is 21.6. The molecule has 10 nitrogen and oxygen atoms in total. The van der Waals surface area contributed by atoms with Gasteiger partial charge >= 0.3 is 5.97 Å². The Morgan fingerprint density at radius 2 is 1.79 bits per heavy atom. The molecule has 0 aromatic heterocycles. The second-order valence-electron chi connectivity index (χ2n) is 6.99. The Kier molecular flexibility index (Phi) is 7.35. The third-order valence-corrected chi connectivity index (χ3v) is 4.53. The van der Waals surface area contributed by atoms with Gasteiger partial charge in [0.25, 0.3) is 11.8 Å². The molecule has 0 spiro atoms. The largest absolute Gasteiger partial charge is 0.355 e. The number of nitrogens with zero attached hydrogens (tertiary/aromatic N) is 2. The first-order chi connectivity index (χ1) is 13.6. The molecule has 2 fully saturated rings. The van der Waals surface area contributed by atoms with E-state index in [0.29, 0.717) is 18.0 Å². The summed E-state index contributed by atoms with van der Waals surface area (Å²) in [5.41, 5.74) is 0. The fraction of sp³-hybridized carbons (Fsp3) is 0.722.